The van der Waals surface area contributed by atoms with Crippen molar-refractivity contribution in [3.8, 4) is 11.5 Å². The molecule has 1 aliphatic rings. The van der Waals surface area contributed by atoms with E-state index in [1.807, 2.05) is 0 Å². The molecule has 0 unspecified atom stereocenters. The number of rotatable bonds is 2. The van der Waals surface area contributed by atoms with Gasteiger partial charge < -0.3 is 19.9 Å². The third-order valence-electron chi connectivity index (χ3n) is 2.68. The van der Waals surface area contributed by atoms with Crippen molar-refractivity contribution in [2.24, 2.45) is 0 Å². The standard InChI is InChI=1S/C11H10BrF2NO4/c1-18-7-3-5(2-6(12)8(7)16)9-11(13,14)4-19-10(17)15-9/h2-3,9,16H,4H2,1H3,(H,15,17)/t9-/m1/s1. The maximum Gasteiger partial charge on any atom is 0.408 e. The van der Waals surface area contributed by atoms with Crippen LogP contribution < -0.4 is 10.1 Å². The van der Waals surface area contributed by atoms with Gasteiger partial charge in [-0.05, 0) is 33.6 Å². The summed E-state index contributed by atoms with van der Waals surface area (Å²) in [7, 11) is 1.30. The van der Waals surface area contributed by atoms with E-state index in [2.05, 4.69) is 26.0 Å². The van der Waals surface area contributed by atoms with Crippen molar-refractivity contribution in [3.63, 3.8) is 0 Å². The Morgan fingerprint density at radius 1 is 1.58 bits per heavy atom. The summed E-state index contributed by atoms with van der Waals surface area (Å²) < 4.78 is 36.8. The largest absolute Gasteiger partial charge is 0.503 e. The van der Waals surface area contributed by atoms with Gasteiger partial charge in [0.25, 0.3) is 0 Å². The Labute approximate surface area is 115 Å². The molecule has 1 saturated heterocycles. The van der Waals surface area contributed by atoms with Gasteiger partial charge in [0.15, 0.2) is 18.1 Å². The number of ether oxygens (including phenoxy) is 2. The third kappa shape index (κ3) is 2.58. The van der Waals surface area contributed by atoms with Gasteiger partial charge in [-0.1, -0.05) is 0 Å². The summed E-state index contributed by atoms with van der Waals surface area (Å²) in [5.41, 5.74) is 0.100. The summed E-state index contributed by atoms with van der Waals surface area (Å²) in [6.07, 6.45) is -0.918. The molecule has 1 aromatic rings. The van der Waals surface area contributed by atoms with E-state index in [0.717, 1.165) is 0 Å². The van der Waals surface area contributed by atoms with Crippen molar-refractivity contribution in [1.29, 1.82) is 0 Å². The lowest BCUT2D eigenvalue weighted by atomic mass is 9.99. The molecular formula is C11H10BrF2NO4. The molecule has 1 aromatic carbocycles. The number of halogens is 3. The number of hydrogen-bond acceptors (Lipinski definition) is 4. The topological polar surface area (TPSA) is 67.8 Å². The summed E-state index contributed by atoms with van der Waals surface area (Å²) in [5.74, 6) is -3.43. The van der Waals surface area contributed by atoms with Crippen LogP contribution in [-0.4, -0.2) is 30.8 Å². The molecule has 0 saturated carbocycles. The second kappa shape index (κ2) is 4.84. The molecular weight excluding hydrogens is 328 g/mol. The summed E-state index contributed by atoms with van der Waals surface area (Å²) in [6, 6.07) is 0.992. The van der Waals surface area contributed by atoms with Crippen LogP contribution in [0.1, 0.15) is 11.6 Å². The van der Waals surface area contributed by atoms with E-state index < -0.39 is 24.7 Å². The van der Waals surface area contributed by atoms with Gasteiger partial charge in [-0.2, -0.15) is 0 Å². The number of amides is 1. The molecule has 2 N–H and O–H groups in total. The molecule has 5 nitrogen and oxygen atoms in total. The number of carbonyl (C=O) groups is 1. The molecule has 0 radical (unpaired) electrons. The zero-order chi connectivity index (χ0) is 14.2. The number of cyclic esters (lactones) is 1. The van der Waals surface area contributed by atoms with Gasteiger partial charge in [0.2, 0.25) is 0 Å². The number of alkyl halides is 2. The maximum atomic E-state index is 13.7. The predicted molar refractivity (Wildman–Crippen MR) is 64.5 cm³/mol. The zero-order valence-electron chi connectivity index (χ0n) is 9.75. The molecule has 0 aromatic heterocycles. The summed E-state index contributed by atoms with van der Waals surface area (Å²) in [4.78, 5) is 11.1. The molecule has 2 rings (SSSR count). The number of benzene rings is 1. The molecule has 1 fully saturated rings. The Kier molecular flexibility index (Phi) is 3.53. The van der Waals surface area contributed by atoms with Crippen LogP contribution in [0.3, 0.4) is 0 Å². The number of carbonyl (C=O) groups excluding carboxylic acids is 1. The summed E-state index contributed by atoms with van der Waals surface area (Å²) in [6.45, 7) is -0.996. The lowest BCUT2D eigenvalue weighted by molar-refractivity contribution is -0.104. The highest BCUT2D eigenvalue weighted by Crippen LogP contribution is 2.41. The highest BCUT2D eigenvalue weighted by atomic mass is 79.9. The zero-order valence-corrected chi connectivity index (χ0v) is 11.3. The van der Waals surface area contributed by atoms with Gasteiger partial charge in [0.05, 0.1) is 11.6 Å². The Balaban J connectivity index is 2.45. The van der Waals surface area contributed by atoms with Gasteiger partial charge in [-0.25, -0.2) is 13.6 Å². The first kappa shape index (κ1) is 13.9. The minimum absolute atomic E-state index is 0.0286. The van der Waals surface area contributed by atoms with E-state index in [1.165, 1.54) is 19.2 Å². The molecule has 19 heavy (non-hydrogen) atoms. The molecule has 104 valence electrons. The van der Waals surface area contributed by atoms with Crippen LogP contribution in [0.15, 0.2) is 16.6 Å². The van der Waals surface area contributed by atoms with Crippen molar-refractivity contribution >= 4 is 22.0 Å². The van der Waals surface area contributed by atoms with E-state index in [4.69, 9.17) is 4.74 Å². The van der Waals surface area contributed by atoms with Crippen LogP contribution in [-0.2, 0) is 4.74 Å². The van der Waals surface area contributed by atoms with Crippen molar-refractivity contribution in [2.45, 2.75) is 12.0 Å². The Morgan fingerprint density at radius 3 is 2.89 bits per heavy atom. The van der Waals surface area contributed by atoms with Crippen molar-refractivity contribution < 1.29 is 28.2 Å². The van der Waals surface area contributed by atoms with Crippen LogP contribution >= 0.6 is 15.9 Å². The Morgan fingerprint density at radius 2 is 2.26 bits per heavy atom. The van der Waals surface area contributed by atoms with Crippen molar-refractivity contribution in [3.05, 3.63) is 22.2 Å². The second-order valence-corrected chi connectivity index (χ2v) is 4.82. The van der Waals surface area contributed by atoms with Crippen LogP contribution in [0.4, 0.5) is 13.6 Å². The van der Waals surface area contributed by atoms with Gasteiger partial charge in [-0.3, -0.25) is 0 Å². The second-order valence-electron chi connectivity index (χ2n) is 3.97. The monoisotopic (exact) mass is 337 g/mol. The van der Waals surface area contributed by atoms with E-state index >= 15 is 0 Å². The van der Waals surface area contributed by atoms with E-state index in [1.54, 1.807) is 0 Å². The minimum Gasteiger partial charge on any atom is -0.503 e. The molecule has 1 amide bonds. The van der Waals surface area contributed by atoms with Gasteiger partial charge in [-0.15, -0.1) is 0 Å². The number of alkyl carbamates (subject to hydrolysis) is 1. The fourth-order valence-corrected chi connectivity index (χ4v) is 2.21. The smallest absolute Gasteiger partial charge is 0.408 e. The number of hydrogen-bond donors (Lipinski definition) is 2. The predicted octanol–water partition coefficient (Wildman–Crippen LogP) is 2.58. The number of aromatic hydroxyl groups is 1. The minimum atomic E-state index is -3.25. The van der Waals surface area contributed by atoms with Crippen LogP contribution in [0.25, 0.3) is 0 Å². The van der Waals surface area contributed by atoms with Gasteiger partial charge in [0.1, 0.15) is 6.04 Å². The highest BCUT2D eigenvalue weighted by molar-refractivity contribution is 9.10. The fourth-order valence-electron chi connectivity index (χ4n) is 1.75. The SMILES string of the molecule is COc1cc([C@H]2NC(=O)OCC2(F)F)cc(Br)c1O. The maximum absolute atomic E-state index is 13.7. The third-order valence-corrected chi connectivity index (χ3v) is 3.29. The van der Waals surface area contributed by atoms with E-state index in [9.17, 15) is 18.7 Å². The molecule has 0 aliphatic carbocycles. The molecule has 0 spiro atoms. The molecule has 1 atom stereocenters. The Hall–Kier alpha value is -1.57. The average Bonchev–Trinajstić information content (AvgIpc) is 2.35. The van der Waals surface area contributed by atoms with Crippen molar-refractivity contribution in [2.75, 3.05) is 13.7 Å². The summed E-state index contributed by atoms with van der Waals surface area (Å²) in [5, 5.41) is 11.7. The first-order chi connectivity index (χ1) is 8.85. The highest BCUT2D eigenvalue weighted by Gasteiger charge is 2.47. The number of methoxy groups -OCH3 is 1. The Bertz CT molecular complexity index is 524. The number of phenols is 1. The molecule has 0 bridgehead atoms. The lowest BCUT2D eigenvalue weighted by Gasteiger charge is -2.32. The van der Waals surface area contributed by atoms with Gasteiger partial charge >= 0.3 is 12.0 Å². The first-order valence-electron chi connectivity index (χ1n) is 5.22. The average molecular weight is 338 g/mol. The normalized spacial score (nSPS) is 21.5. The van der Waals surface area contributed by atoms with E-state index in [0.29, 0.717) is 0 Å². The van der Waals surface area contributed by atoms with Crippen molar-refractivity contribution in [1.82, 2.24) is 5.32 Å². The number of phenolic OH excluding ortho intramolecular Hbond substituents is 1. The quantitative estimate of drug-likeness (QED) is 0.870. The van der Waals surface area contributed by atoms with Crippen LogP contribution in [0.5, 0.6) is 11.5 Å². The first-order valence-corrected chi connectivity index (χ1v) is 6.02. The number of nitrogens with one attached hydrogen (secondary N) is 1. The molecule has 1 aliphatic heterocycles. The molecule has 8 heteroatoms. The van der Waals surface area contributed by atoms with Crippen LogP contribution in [0, 0.1) is 0 Å². The van der Waals surface area contributed by atoms with Crippen LogP contribution in [0.2, 0.25) is 0 Å². The fraction of sp³-hybridized carbons (Fsp3) is 0.364. The van der Waals surface area contributed by atoms with E-state index in [-0.39, 0.29) is 21.5 Å². The van der Waals surface area contributed by atoms with Gasteiger partial charge in [0, 0.05) is 0 Å². The summed E-state index contributed by atoms with van der Waals surface area (Å²) >= 11 is 3.04. The lowest BCUT2D eigenvalue weighted by Crippen LogP contribution is -2.49. The molecule has 1 heterocycles.